The lowest BCUT2D eigenvalue weighted by Gasteiger charge is -2.33. The van der Waals surface area contributed by atoms with Gasteiger partial charge in [0.1, 0.15) is 16.3 Å². The molecule has 1 heterocycles. The topological polar surface area (TPSA) is 82.0 Å². The molecule has 2 N–H and O–H groups in total. The van der Waals surface area contributed by atoms with Gasteiger partial charge in [0.05, 0.1) is 5.56 Å². The zero-order valence-electron chi connectivity index (χ0n) is 23.7. The van der Waals surface area contributed by atoms with Crippen molar-refractivity contribution in [2.45, 2.75) is 50.2 Å². The second-order valence-electron chi connectivity index (χ2n) is 11.5. The Bertz CT molecular complexity index is 1650. The number of thiophene rings is 1. The van der Waals surface area contributed by atoms with Crippen molar-refractivity contribution in [3.05, 3.63) is 111 Å². The number of amides is 2. The lowest BCUT2D eigenvalue weighted by atomic mass is 9.72. The number of hydrogen-bond acceptors (Lipinski definition) is 5. The van der Waals surface area contributed by atoms with Gasteiger partial charge in [-0.2, -0.15) is 5.26 Å². The summed E-state index contributed by atoms with van der Waals surface area (Å²) in [5.41, 5.74) is 3.80. The summed E-state index contributed by atoms with van der Waals surface area (Å²) in [6.45, 7) is 6.80. The molecule has 4 aromatic rings. The van der Waals surface area contributed by atoms with Gasteiger partial charge >= 0.3 is 0 Å². The molecule has 0 saturated carbocycles. The monoisotopic (exact) mass is 613 g/mol. The number of anilines is 2. The molecule has 214 valence electrons. The predicted octanol–water partition coefficient (Wildman–Crippen LogP) is 9.15. The molecule has 0 spiro atoms. The summed E-state index contributed by atoms with van der Waals surface area (Å²) in [7, 11) is 0. The maximum atomic E-state index is 13.9. The second kappa shape index (κ2) is 12.7. The minimum absolute atomic E-state index is 0.190. The lowest BCUT2D eigenvalue weighted by Crippen LogP contribution is -2.26. The molecular formula is C34H32ClN3O2S2. The van der Waals surface area contributed by atoms with Crippen molar-refractivity contribution in [1.29, 1.82) is 5.26 Å². The van der Waals surface area contributed by atoms with Crippen LogP contribution in [0.2, 0.25) is 5.02 Å². The van der Waals surface area contributed by atoms with Crippen molar-refractivity contribution in [2.75, 3.05) is 10.6 Å². The molecule has 3 aromatic carbocycles. The fourth-order valence-corrected chi connectivity index (χ4v) is 7.78. The van der Waals surface area contributed by atoms with Gasteiger partial charge in [0.25, 0.3) is 5.91 Å². The first-order chi connectivity index (χ1) is 20.1. The second-order valence-corrected chi connectivity index (χ2v) is 14.2. The van der Waals surface area contributed by atoms with E-state index in [9.17, 15) is 14.9 Å². The van der Waals surface area contributed by atoms with Gasteiger partial charge in [-0.3, -0.25) is 9.59 Å². The minimum Gasteiger partial charge on any atom is -0.322 e. The first-order valence-corrected chi connectivity index (χ1v) is 15.9. The van der Waals surface area contributed by atoms with E-state index < -0.39 is 5.25 Å². The first-order valence-electron chi connectivity index (χ1n) is 13.9. The maximum absolute atomic E-state index is 13.9. The molecule has 0 aliphatic heterocycles. The average molecular weight is 614 g/mol. The van der Waals surface area contributed by atoms with Crippen LogP contribution in [0.1, 0.15) is 64.4 Å². The molecule has 2 unspecified atom stereocenters. The first kappa shape index (κ1) is 29.9. The van der Waals surface area contributed by atoms with E-state index in [0.717, 1.165) is 35.3 Å². The fraction of sp³-hybridized carbons (Fsp3) is 0.265. The third kappa shape index (κ3) is 6.90. The van der Waals surface area contributed by atoms with Gasteiger partial charge in [-0.25, -0.2) is 0 Å². The maximum Gasteiger partial charge on any atom is 0.255 e. The smallest absolute Gasteiger partial charge is 0.255 e. The molecule has 1 aliphatic carbocycles. The third-order valence-electron chi connectivity index (χ3n) is 7.61. The van der Waals surface area contributed by atoms with E-state index >= 15 is 0 Å². The predicted molar refractivity (Wildman–Crippen MR) is 174 cm³/mol. The van der Waals surface area contributed by atoms with Crippen LogP contribution in [0.5, 0.6) is 0 Å². The van der Waals surface area contributed by atoms with Gasteiger partial charge < -0.3 is 10.6 Å². The highest BCUT2D eigenvalue weighted by Gasteiger charge is 2.33. The Labute approximate surface area is 260 Å². The van der Waals surface area contributed by atoms with Gasteiger partial charge in [0.15, 0.2) is 0 Å². The molecule has 2 amide bonds. The number of thioether (sulfide) groups is 1. The number of carbonyl (C=O) groups excluding carboxylic acids is 2. The standard InChI is InChI=1S/C34H32ClN3O2S2/c1-34(2,3)23-15-16-27-28(20-36)33(42-29(27)18-23)38-32(40)30(21-9-5-4-6-10-21)41-26-14-8-13-25(19-26)37-31(39)22-11-7-12-24(35)17-22/h4-14,17,19,23,30H,15-16,18H2,1-3H3,(H,37,39)(H,38,40). The largest absolute Gasteiger partial charge is 0.322 e. The quantitative estimate of drug-likeness (QED) is 0.204. The van der Waals surface area contributed by atoms with Crippen LogP contribution in [0.3, 0.4) is 0 Å². The number of nitriles is 1. The highest BCUT2D eigenvalue weighted by atomic mass is 35.5. The molecule has 0 fully saturated rings. The Morgan fingerprint density at radius 2 is 1.79 bits per heavy atom. The van der Waals surface area contributed by atoms with Crippen molar-refractivity contribution in [2.24, 2.45) is 11.3 Å². The van der Waals surface area contributed by atoms with Crippen LogP contribution in [0.4, 0.5) is 10.7 Å². The van der Waals surface area contributed by atoms with E-state index in [-0.39, 0.29) is 17.2 Å². The molecule has 0 bridgehead atoms. The summed E-state index contributed by atoms with van der Waals surface area (Å²) in [6, 6.07) is 26.2. The summed E-state index contributed by atoms with van der Waals surface area (Å²) in [5, 5.41) is 16.6. The highest BCUT2D eigenvalue weighted by molar-refractivity contribution is 8.00. The third-order valence-corrected chi connectivity index (χ3v) is 10.3. The van der Waals surface area contributed by atoms with Crippen LogP contribution in [0, 0.1) is 22.7 Å². The zero-order chi connectivity index (χ0) is 29.9. The number of halogens is 1. The SMILES string of the molecule is CC(C)(C)C1CCc2c(sc(NC(=O)C(Sc3cccc(NC(=O)c4cccc(Cl)c4)c3)c3ccccc3)c2C#N)C1. The van der Waals surface area contributed by atoms with Crippen molar-refractivity contribution in [1.82, 2.24) is 0 Å². The van der Waals surface area contributed by atoms with Gasteiger partial charge in [-0.1, -0.05) is 74.8 Å². The van der Waals surface area contributed by atoms with Gasteiger partial charge in [-0.05, 0) is 78.1 Å². The number of benzene rings is 3. The molecule has 1 aromatic heterocycles. The van der Waals surface area contributed by atoms with Crippen LogP contribution >= 0.6 is 34.7 Å². The molecule has 0 saturated heterocycles. The van der Waals surface area contributed by atoms with Crippen LogP contribution in [-0.4, -0.2) is 11.8 Å². The summed E-state index contributed by atoms with van der Waals surface area (Å²) in [6.07, 6.45) is 2.83. The Kier molecular flexibility index (Phi) is 9.08. The molecule has 1 aliphatic rings. The summed E-state index contributed by atoms with van der Waals surface area (Å²) >= 11 is 8.99. The zero-order valence-corrected chi connectivity index (χ0v) is 26.1. The summed E-state index contributed by atoms with van der Waals surface area (Å²) < 4.78 is 0. The van der Waals surface area contributed by atoms with Crippen molar-refractivity contribution in [3.8, 4) is 6.07 Å². The summed E-state index contributed by atoms with van der Waals surface area (Å²) in [5.74, 6) is 0.0800. The molecule has 5 rings (SSSR count). The van der Waals surface area contributed by atoms with Crippen molar-refractivity contribution in [3.63, 3.8) is 0 Å². The Morgan fingerprint density at radius 1 is 1.02 bits per heavy atom. The number of rotatable bonds is 7. The van der Waals surface area contributed by atoms with Gasteiger partial charge in [0, 0.05) is 26.0 Å². The lowest BCUT2D eigenvalue weighted by molar-refractivity contribution is -0.115. The van der Waals surface area contributed by atoms with Crippen LogP contribution in [-0.2, 0) is 17.6 Å². The molecule has 8 heteroatoms. The van der Waals surface area contributed by atoms with Crippen LogP contribution in [0.25, 0.3) is 0 Å². The van der Waals surface area contributed by atoms with E-state index in [2.05, 4.69) is 37.5 Å². The van der Waals surface area contributed by atoms with E-state index in [1.54, 1.807) is 35.6 Å². The normalized spacial score (nSPS) is 15.3. The minimum atomic E-state index is -0.571. The van der Waals surface area contributed by atoms with E-state index in [1.165, 1.54) is 16.6 Å². The van der Waals surface area contributed by atoms with Crippen LogP contribution < -0.4 is 10.6 Å². The Balaban J connectivity index is 1.38. The number of fused-ring (bicyclic) bond motifs is 1. The van der Waals surface area contributed by atoms with Crippen molar-refractivity contribution < 1.29 is 9.59 Å². The number of carbonyl (C=O) groups is 2. The highest BCUT2D eigenvalue weighted by Crippen LogP contribution is 2.45. The Hall–Kier alpha value is -3.57. The molecule has 0 radical (unpaired) electrons. The molecule has 5 nitrogen and oxygen atoms in total. The van der Waals surface area contributed by atoms with E-state index in [4.69, 9.17) is 11.6 Å². The van der Waals surface area contributed by atoms with Crippen molar-refractivity contribution >= 4 is 57.2 Å². The summed E-state index contributed by atoms with van der Waals surface area (Å²) in [4.78, 5) is 28.7. The Morgan fingerprint density at radius 3 is 2.50 bits per heavy atom. The van der Waals surface area contributed by atoms with Gasteiger partial charge in [0.2, 0.25) is 5.91 Å². The molecular weight excluding hydrogens is 582 g/mol. The number of nitrogens with one attached hydrogen (secondary N) is 2. The number of nitrogens with zero attached hydrogens (tertiary/aromatic N) is 1. The van der Waals surface area contributed by atoms with Gasteiger partial charge in [-0.15, -0.1) is 23.1 Å². The molecule has 2 atom stereocenters. The van der Waals surface area contributed by atoms with E-state index in [0.29, 0.717) is 32.8 Å². The average Bonchev–Trinajstić information content (AvgIpc) is 3.32. The number of hydrogen-bond donors (Lipinski definition) is 2. The molecule has 42 heavy (non-hydrogen) atoms. The van der Waals surface area contributed by atoms with E-state index in [1.807, 2.05) is 54.6 Å². The van der Waals surface area contributed by atoms with Crippen LogP contribution in [0.15, 0.2) is 83.8 Å². The fourth-order valence-electron chi connectivity index (χ4n) is 5.23.